The number of hydrogen-bond donors (Lipinski definition) is 0. The van der Waals surface area contributed by atoms with Crippen LogP contribution >= 0.6 is 0 Å². The first-order chi connectivity index (χ1) is 11.0. The summed E-state index contributed by atoms with van der Waals surface area (Å²) in [5, 5.41) is 7.78. The van der Waals surface area contributed by atoms with E-state index in [-0.39, 0.29) is 24.6 Å². The molecule has 0 radical (unpaired) electrons. The molecule has 7 nitrogen and oxygen atoms in total. The topological polar surface area (TPSA) is 83.3 Å². The van der Waals surface area contributed by atoms with E-state index in [1.807, 2.05) is 26.0 Å². The zero-order valence-electron chi connectivity index (χ0n) is 13.6. The van der Waals surface area contributed by atoms with E-state index in [4.69, 9.17) is 9.47 Å². The number of carbonyl (C=O) groups excluding carboxylic acids is 2. The summed E-state index contributed by atoms with van der Waals surface area (Å²) in [7, 11) is 0. The minimum Gasteiger partial charge on any atom is -0.461 e. The Morgan fingerprint density at radius 3 is 2.39 bits per heavy atom. The summed E-state index contributed by atoms with van der Waals surface area (Å²) in [5.74, 6) is -1.37. The van der Waals surface area contributed by atoms with Crippen molar-refractivity contribution < 1.29 is 19.1 Å². The number of esters is 2. The van der Waals surface area contributed by atoms with Gasteiger partial charge in [0.1, 0.15) is 0 Å². The van der Waals surface area contributed by atoms with Crippen LogP contribution in [-0.2, 0) is 9.47 Å². The van der Waals surface area contributed by atoms with Gasteiger partial charge in [0.05, 0.1) is 18.9 Å². The van der Waals surface area contributed by atoms with Crippen LogP contribution in [0.15, 0.2) is 18.2 Å². The Balaban J connectivity index is 2.62. The number of hydrogen-bond acceptors (Lipinski definition) is 6. The summed E-state index contributed by atoms with van der Waals surface area (Å²) in [6, 6.07) is 5.60. The van der Waals surface area contributed by atoms with Crippen LogP contribution in [0.5, 0.6) is 0 Å². The van der Waals surface area contributed by atoms with Crippen molar-refractivity contribution in [2.45, 2.75) is 27.7 Å². The number of carbonyl (C=O) groups is 2. The van der Waals surface area contributed by atoms with E-state index < -0.39 is 11.9 Å². The van der Waals surface area contributed by atoms with Crippen LogP contribution in [-0.4, -0.2) is 40.1 Å². The normalized spacial score (nSPS) is 10.4. The van der Waals surface area contributed by atoms with Crippen molar-refractivity contribution in [2.75, 3.05) is 13.2 Å². The van der Waals surface area contributed by atoms with Gasteiger partial charge < -0.3 is 9.47 Å². The maximum absolute atomic E-state index is 12.3. The Morgan fingerprint density at radius 2 is 1.74 bits per heavy atom. The van der Waals surface area contributed by atoms with Crippen molar-refractivity contribution in [1.29, 1.82) is 0 Å². The maximum atomic E-state index is 12.3. The fourth-order valence-electron chi connectivity index (χ4n) is 2.14. The van der Waals surface area contributed by atoms with Crippen molar-refractivity contribution in [3.05, 3.63) is 40.7 Å². The van der Waals surface area contributed by atoms with Crippen molar-refractivity contribution in [1.82, 2.24) is 15.0 Å². The van der Waals surface area contributed by atoms with Crippen molar-refractivity contribution in [3.63, 3.8) is 0 Å². The lowest BCUT2D eigenvalue weighted by atomic mass is 10.1. The van der Waals surface area contributed by atoms with E-state index in [0.29, 0.717) is 5.69 Å². The second kappa shape index (κ2) is 7.04. The number of benzene rings is 1. The average Bonchev–Trinajstić information content (AvgIpc) is 2.95. The van der Waals surface area contributed by atoms with Crippen molar-refractivity contribution >= 4 is 11.9 Å². The van der Waals surface area contributed by atoms with Gasteiger partial charge in [-0.2, -0.15) is 0 Å². The summed E-state index contributed by atoms with van der Waals surface area (Å²) in [4.78, 5) is 24.3. The monoisotopic (exact) mass is 317 g/mol. The Bertz CT molecular complexity index is 737. The third-order valence-corrected chi connectivity index (χ3v) is 3.41. The van der Waals surface area contributed by atoms with E-state index in [1.165, 1.54) is 4.68 Å². The lowest BCUT2D eigenvalue weighted by molar-refractivity contribution is 0.0469. The van der Waals surface area contributed by atoms with Gasteiger partial charge in [-0.3, -0.25) is 0 Å². The fraction of sp³-hybridized carbons (Fsp3) is 0.375. The summed E-state index contributed by atoms with van der Waals surface area (Å²) in [6.07, 6.45) is 0. The van der Waals surface area contributed by atoms with Gasteiger partial charge >= 0.3 is 11.9 Å². The molecule has 0 aliphatic heterocycles. The highest BCUT2D eigenvalue weighted by atomic mass is 16.5. The average molecular weight is 317 g/mol. The first-order valence-electron chi connectivity index (χ1n) is 7.37. The molecule has 7 heteroatoms. The molecule has 23 heavy (non-hydrogen) atoms. The van der Waals surface area contributed by atoms with E-state index in [0.717, 1.165) is 11.1 Å². The molecule has 0 saturated carbocycles. The van der Waals surface area contributed by atoms with Gasteiger partial charge in [0.2, 0.25) is 5.69 Å². The summed E-state index contributed by atoms with van der Waals surface area (Å²) in [5.41, 5.74) is 2.45. The van der Waals surface area contributed by atoms with E-state index in [1.54, 1.807) is 19.9 Å². The lowest BCUT2D eigenvalue weighted by Gasteiger charge is -2.11. The second-order valence-corrected chi connectivity index (χ2v) is 4.86. The van der Waals surface area contributed by atoms with Crippen LogP contribution in [0.4, 0.5) is 0 Å². The standard InChI is InChI=1S/C16H19N3O4/c1-5-22-15(20)13-14(16(21)23-6-2)19(18-17-13)12-9-7-8-10(3)11(12)4/h7-9H,5-6H2,1-4H3. The summed E-state index contributed by atoms with van der Waals surface area (Å²) < 4.78 is 11.3. The Morgan fingerprint density at radius 1 is 1.09 bits per heavy atom. The van der Waals surface area contributed by atoms with E-state index in [2.05, 4.69) is 10.3 Å². The minimum atomic E-state index is -0.702. The van der Waals surface area contributed by atoms with Gasteiger partial charge in [0.15, 0.2) is 5.69 Å². The molecular weight excluding hydrogens is 298 g/mol. The van der Waals surface area contributed by atoms with Crippen LogP contribution in [0.3, 0.4) is 0 Å². The molecule has 1 aromatic heterocycles. The molecule has 0 aliphatic carbocycles. The quantitative estimate of drug-likeness (QED) is 0.786. The number of aromatic nitrogens is 3. The van der Waals surface area contributed by atoms with Gasteiger partial charge in [0, 0.05) is 0 Å². The third kappa shape index (κ3) is 3.23. The van der Waals surface area contributed by atoms with Crippen LogP contribution in [0.1, 0.15) is 46.0 Å². The summed E-state index contributed by atoms with van der Waals surface area (Å²) in [6.45, 7) is 7.58. The molecule has 0 amide bonds. The van der Waals surface area contributed by atoms with Gasteiger partial charge in [-0.1, -0.05) is 17.3 Å². The SMILES string of the molecule is CCOC(=O)c1nnn(-c2cccc(C)c2C)c1C(=O)OCC. The highest BCUT2D eigenvalue weighted by Gasteiger charge is 2.28. The summed E-state index contributed by atoms with van der Waals surface area (Å²) >= 11 is 0. The predicted molar refractivity (Wildman–Crippen MR) is 82.7 cm³/mol. The smallest absolute Gasteiger partial charge is 0.361 e. The first-order valence-corrected chi connectivity index (χ1v) is 7.37. The second-order valence-electron chi connectivity index (χ2n) is 4.86. The molecule has 2 rings (SSSR count). The highest BCUT2D eigenvalue weighted by molar-refractivity contribution is 6.00. The minimum absolute atomic E-state index is 0.0287. The fourth-order valence-corrected chi connectivity index (χ4v) is 2.14. The van der Waals surface area contributed by atoms with Gasteiger partial charge in [0.25, 0.3) is 0 Å². The van der Waals surface area contributed by atoms with Crippen LogP contribution in [0, 0.1) is 13.8 Å². The maximum Gasteiger partial charge on any atom is 0.361 e. The van der Waals surface area contributed by atoms with Gasteiger partial charge in [-0.25, -0.2) is 14.3 Å². The Labute approximate surface area is 134 Å². The molecule has 2 aromatic rings. The number of rotatable bonds is 5. The molecule has 1 aromatic carbocycles. The van der Waals surface area contributed by atoms with Gasteiger partial charge in [-0.05, 0) is 44.9 Å². The predicted octanol–water partition coefficient (Wildman–Crippen LogP) is 2.24. The molecule has 0 saturated heterocycles. The molecule has 0 atom stereocenters. The van der Waals surface area contributed by atoms with Crippen molar-refractivity contribution in [2.24, 2.45) is 0 Å². The van der Waals surface area contributed by atoms with E-state index >= 15 is 0 Å². The van der Waals surface area contributed by atoms with Crippen LogP contribution < -0.4 is 0 Å². The molecule has 0 fully saturated rings. The molecule has 0 spiro atoms. The largest absolute Gasteiger partial charge is 0.461 e. The molecule has 0 unspecified atom stereocenters. The zero-order chi connectivity index (χ0) is 17.0. The highest BCUT2D eigenvalue weighted by Crippen LogP contribution is 2.20. The number of ether oxygens (including phenoxy) is 2. The molecule has 1 heterocycles. The van der Waals surface area contributed by atoms with Crippen molar-refractivity contribution in [3.8, 4) is 5.69 Å². The lowest BCUT2D eigenvalue weighted by Crippen LogP contribution is -2.18. The molecule has 0 N–H and O–H groups in total. The number of nitrogens with zero attached hydrogens (tertiary/aromatic N) is 3. The van der Waals surface area contributed by atoms with E-state index in [9.17, 15) is 9.59 Å². The number of aryl methyl sites for hydroxylation is 1. The third-order valence-electron chi connectivity index (χ3n) is 3.41. The molecule has 0 bridgehead atoms. The van der Waals surface area contributed by atoms with Gasteiger partial charge in [-0.15, -0.1) is 5.10 Å². The molecular formula is C16H19N3O4. The van der Waals surface area contributed by atoms with Crippen LogP contribution in [0.25, 0.3) is 5.69 Å². The zero-order valence-corrected chi connectivity index (χ0v) is 13.6. The van der Waals surface area contributed by atoms with Crippen LogP contribution in [0.2, 0.25) is 0 Å². The molecule has 0 aliphatic rings. The Kier molecular flexibility index (Phi) is 5.10. The first kappa shape index (κ1) is 16.7. The molecule has 122 valence electrons. The Hall–Kier alpha value is -2.70.